The van der Waals surface area contributed by atoms with Gasteiger partial charge in [0.15, 0.2) is 0 Å². The summed E-state index contributed by atoms with van der Waals surface area (Å²) in [5.74, 6) is 0. The van der Waals surface area contributed by atoms with Gasteiger partial charge in [0.25, 0.3) is 0 Å². The van der Waals surface area contributed by atoms with Gasteiger partial charge in [-0.25, -0.2) is 0 Å². The molecule has 118 valence electrons. The minimum Gasteiger partial charge on any atom is -0.329 e. The van der Waals surface area contributed by atoms with Crippen molar-refractivity contribution in [3.05, 3.63) is 34.9 Å². The molecule has 0 bridgehead atoms. The Morgan fingerprint density at radius 3 is 2.57 bits per heavy atom. The number of benzene rings is 1. The predicted molar refractivity (Wildman–Crippen MR) is 90.6 cm³/mol. The van der Waals surface area contributed by atoms with E-state index in [0.29, 0.717) is 18.6 Å². The molecular formula is C18H31N3. The van der Waals surface area contributed by atoms with Crippen molar-refractivity contribution in [1.82, 2.24) is 9.80 Å². The molecule has 1 fully saturated rings. The molecule has 2 atom stereocenters. The molecule has 0 amide bonds. The van der Waals surface area contributed by atoms with Crippen molar-refractivity contribution in [2.24, 2.45) is 5.73 Å². The van der Waals surface area contributed by atoms with Crippen molar-refractivity contribution in [2.45, 2.75) is 46.2 Å². The molecule has 3 heteroatoms. The smallest absolute Gasteiger partial charge is 0.0473 e. The summed E-state index contributed by atoms with van der Waals surface area (Å²) in [6.07, 6.45) is 1.27. The van der Waals surface area contributed by atoms with Gasteiger partial charge in [0.05, 0.1) is 0 Å². The quantitative estimate of drug-likeness (QED) is 0.874. The van der Waals surface area contributed by atoms with Crippen molar-refractivity contribution < 1.29 is 0 Å². The highest BCUT2D eigenvalue weighted by Gasteiger charge is 2.31. The second kappa shape index (κ2) is 7.39. The molecule has 21 heavy (non-hydrogen) atoms. The first-order chi connectivity index (χ1) is 10.1. The number of nitrogens with two attached hydrogens (primary N) is 1. The molecule has 0 aliphatic carbocycles. The molecule has 1 saturated heterocycles. The van der Waals surface area contributed by atoms with E-state index in [4.69, 9.17) is 5.73 Å². The SMILES string of the molecule is CCN(CC)C1CCN(C(CN)c2ccc(C)cc2C)C1. The van der Waals surface area contributed by atoms with Crippen molar-refractivity contribution in [3.63, 3.8) is 0 Å². The minimum atomic E-state index is 0.367. The molecule has 1 aromatic rings. The Kier molecular flexibility index (Phi) is 5.80. The number of nitrogens with zero attached hydrogens (tertiary/aromatic N) is 2. The fraction of sp³-hybridized carbons (Fsp3) is 0.667. The van der Waals surface area contributed by atoms with E-state index in [1.54, 1.807) is 0 Å². The Labute approximate surface area is 130 Å². The van der Waals surface area contributed by atoms with Crippen LogP contribution in [0.5, 0.6) is 0 Å². The second-order valence-electron chi connectivity index (χ2n) is 6.27. The third-order valence-corrected chi connectivity index (χ3v) is 4.97. The first-order valence-electron chi connectivity index (χ1n) is 8.36. The van der Waals surface area contributed by atoms with Gasteiger partial charge < -0.3 is 5.73 Å². The van der Waals surface area contributed by atoms with Crippen LogP contribution in [0.1, 0.15) is 43.0 Å². The summed E-state index contributed by atoms with van der Waals surface area (Å²) in [6.45, 7) is 14.2. The lowest BCUT2D eigenvalue weighted by Gasteiger charge is -2.30. The lowest BCUT2D eigenvalue weighted by atomic mass is 9.98. The van der Waals surface area contributed by atoms with Crippen LogP contribution in [0.3, 0.4) is 0 Å². The molecule has 1 aliphatic heterocycles. The first kappa shape index (κ1) is 16.5. The Hall–Kier alpha value is -0.900. The largest absolute Gasteiger partial charge is 0.329 e. The number of likely N-dealkylation sites (tertiary alicyclic amines) is 1. The van der Waals surface area contributed by atoms with E-state index in [2.05, 4.69) is 55.7 Å². The van der Waals surface area contributed by atoms with Crippen molar-refractivity contribution >= 4 is 0 Å². The average molecular weight is 289 g/mol. The molecule has 1 aliphatic rings. The number of hydrogen-bond donors (Lipinski definition) is 1. The van der Waals surface area contributed by atoms with Crippen molar-refractivity contribution in [3.8, 4) is 0 Å². The highest BCUT2D eigenvalue weighted by Crippen LogP contribution is 2.28. The fourth-order valence-corrected chi connectivity index (χ4v) is 3.76. The number of likely N-dealkylation sites (N-methyl/N-ethyl adjacent to an activating group) is 1. The number of aryl methyl sites for hydroxylation is 2. The van der Waals surface area contributed by atoms with E-state index in [0.717, 1.165) is 26.2 Å². The van der Waals surface area contributed by atoms with Crippen LogP contribution in [0.2, 0.25) is 0 Å². The van der Waals surface area contributed by atoms with E-state index in [1.807, 2.05) is 0 Å². The van der Waals surface area contributed by atoms with Crippen LogP contribution in [-0.4, -0.2) is 48.6 Å². The highest BCUT2D eigenvalue weighted by atomic mass is 15.3. The Bertz CT molecular complexity index is 454. The Morgan fingerprint density at radius 2 is 2.00 bits per heavy atom. The van der Waals surface area contributed by atoms with Gasteiger partial charge in [0.1, 0.15) is 0 Å². The first-order valence-corrected chi connectivity index (χ1v) is 8.36. The van der Waals surface area contributed by atoms with Gasteiger partial charge in [-0.05, 0) is 44.5 Å². The molecule has 1 aromatic carbocycles. The standard InChI is InChI=1S/C18H31N3/c1-5-20(6-2)16-9-10-21(13-16)18(12-19)17-8-7-14(3)11-15(17)4/h7-8,11,16,18H,5-6,9-10,12-13,19H2,1-4H3. The second-order valence-corrected chi connectivity index (χ2v) is 6.27. The van der Waals surface area contributed by atoms with Gasteiger partial charge in [-0.2, -0.15) is 0 Å². The molecule has 0 radical (unpaired) electrons. The van der Waals surface area contributed by atoms with Crippen LogP contribution >= 0.6 is 0 Å². The highest BCUT2D eigenvalue weighted by molar-refractivity contribution is 5.33. The van der Waals surface area contributed by atoms with Crippen LogP contribution in [-0.2, 0) is 0 Å². The maximum absolute atomic E-state index is 6.12. The monoisotopic (exact) mass is 289 g/mol. The molecule has 2 rings (SSSR count). The molecule has 0 spiro atoms. The van der Waals surface area contributed by atoms with Gasteiger partial charge in [0.2, 0.25) is 0 Å². The summed E-state index contributed by atoms with van der Waals surface area (Å²) in [4.78, 5) is 5.16. The lowest BCUT2D eigenvalue weighted by molar-refractivity contribution is 0.189. The summed E-state index contributed by atoms with van der Waals surface area (Å²) < 4.78 is 0. The molecule has 2 N–H and O–H groups in total. The predicted octanol–water partition coefficient (Wildman–Crippen LogP) is 2.72. The van der Waals surface area contributed by atoms with Gasteiger partial charge in [-0.15, -0.1) is 0 Å². The molecule has 1 heterocycles. The normalized spacial score (nSPS) is 21.1. The third-order valence-electron chi connectivity index (χ3n) is 4.97. The molecular weight excluding hydrogens is 258 g/mol. The molecule has 0 saturated carbocycles. The van der Waals surface area contributed by atoms with E-state index < -0.39 is 0 Å². The zero-order valence-electron chi connectivity index (χ0n) is 14.1. The zero-order chi connectivity index (χ0) is 15.4. The van der Waals surface area contributed by atoms with E-state index in [1.165, 1.54) is 23.1 Å². The van der Waals surface area contributed by atoms with Crippen molar-refractivity contribution in [2.75, 3.05) is 32.7 Å². The average Bonchev–Trinajstić information content (AvgIpc) is 2.93. The fourth-order valence-electron chi connectivity index (χ4n) is 3.76. The minimum absolute atomic E-state index is 0.367. The maximum Gasteiger partial charge on any atom is 0.0473 e. The number of hydrogen-bond acceptors (Lipinski definition) is 3. The molecule has 3 nitrogen and oxygen atoms in total. The summed E-state index contributed by atoms with van der Waals surface area (Å²) in [5.41, 5.74) is 10.2. The van der Waals surface area contributed by atoms with E-state index in [9.17, 15) is 0 Å². The van der Waals surface area contributed by atoms with Gasteiger partial charge in [0, 0.05) is 31.7 Å². The zero-order valence-corrected chi connectivity index (χ0v) is 14.1. The summed E-state index contributed by atoms with van der Waals surface area (Å²) in [7, 11) is 0. The molecule has 2 unspecified atom stereocenters. The number of rotatable bonds is 6. The van der Waals surface area contributed by atoms with Gasteiger partial charge in [-0.3, -0.25) is 9.80 Å². The van der Waals surface area contributed by atoms with Crippen LogP contribution in [0.15, 0.2) is 18.2 Å². The van der Waals surface area contributed by atoms with E-state index in [-0.39, 0.29) is 0 Å². The van der Waals surface area contributed by atoms with Crippen LogP contribution in [0.4, 0.5) is 0 Å². The van der Waals surface area contributed by atoms with Crippen molar-refractivity contribution in [1.29, 1.82) is 0 Å². The summed E-state index contributed by atoms with van der Waals surface area (Å²) >= 11 is 0. The Morgan fingerprint density at radius 1 is 1.29 bits per heavy atom. The summed E-state index contributed by atoms with van der Waals surface area (Å²) in [5, 5.41) is 0. The van der Waals surface area contributed by atoms with Crippen LogP contribution in [0, 0.1) is 13.8 Å². The van der Waals surface area contributed by atoms with Gasteiger partial charge in [-0.1, -0.05) is 37.6 Å². The van der Waals surface area contributed by atoms with Crippen LogP contribution < -0.4 is 5.73 Å². The summed E-state index contributed by atoms with van der Waals surface area (Å²) in [6, 6.07) is 7.82. The topological polar surface area (TPSA) is 32.5 Å². The lowest BCUT2D eigenvalue weighted by Crippen LogP contribution is -2.39. The molecule has 0 aromatic heterocycles. The van der Waals surface area contributed by atoms with Crippen LogP contribution in [0.25, 0.3) is 0 Å². The third kappa shape index (κ3) is 3.65. The Balaban J connectivity index is 2.12. The maximum atomic E-state index is 6.12. The van der Waals surface area contributed by atoms with Gasteiger partial charge >= 0.3 is 0 Å². The van der Waals surface area contributed by atoms with E-state index >= 15 is 0 Å².